The van der Waals surface area contributed by atoms with Crippen molar-refractivity contribution in [2.75, 3.05) is 7.11 Å². The molecule has 0 aromatic rings. The summed E-state index contributed by atoms with van der Waals surface area (Å²) in [7, 11) is 1.32. The van der Waals surface area contributed by atoms with Gasteiger partial charge in [-0.25, -0.2) is 0 Å². The first kappa shape index (κ1) is 22.3. The summed E-state index contributed by atoms with van der Waals surface area (Å²) in [4.78, 5) is 40.4. The van der Waals surface area contributed by atoms with Crippen molar-refractivity contribution in [3.63, 3.8) is 0 Å². The van der Waals surface area contributed by atoms with Gasteiger partial charge in [0.2, 0.25) is 0 Å². The Morgan fingerprint density at radius 2 is 1.71 bits per heavy atom. The van der Waals surface area contributed by atoms with Gasteiger partial charge in [-0.05, 0) is 62.2 Å². The summed E-state index contributed by atoms with van der Waals surface area (Å²) in [5.41, 5.74) is -3.16. The highest BCUT2D eigenvalue weighted by Crippen LogP contribution is 2.78. The van der Waals surface area contributed by atoms with Gasteiger partial charge >= 0.3 is 5.97 Å². The fourth-order valence-corrected chi connectivity index (χ4v) is 8.82. The minimum Gasteiger partial charge on any atom is -0.511 e. The molecule has 0 aromatic heterocycles. The largest absolute Gasteiger partial charge is 0.511 e. The average Bonchev–Trinajstić information content (AvgIpc) is 2.86. The van der Waals surface area contributed by atoms with Crippen LogP contribution in [-0.4, -0.2) is 29.8 Å². The Morgan fingerprint density at radius 3 is 2.29 bits per heavy atom. The van der Waals surface area contributed by atoms with Gasteiger partial charge in [0.25, 0.3) is 0 Å². The Labute approximate surface area is 185 Å². The van der Waals surface area contributed by atoms with E-state index in [2.05, 4.69) is 27.4 Å². The SMILES string of the molecule is C=C1C[C@H]2[C@]3(C)CCC(=O)C(C)(C)[C@H]3CC[C@]2(C)[C@]2(C(=O)OC)C(=O)C(C)=C(O)[C@]12C. The molecule has 0 aromatic carbocycles. The Morgan fingerprint density at radius 1 is 1.10 bits per heavy atom. The summed E-state index contributed by atoms with van der Waals surface area (Å²) in [6.45, 7) is 16.1. The average molecular weight is 429 g/mol. The minimum atomic E-state index is -1.54. The molecule has 31 heavy (non-hydrogen) atoms. The van der Waals surface area contributed by atoms with E-state index >= 15 is 0 Å². The zero-order valence-electron chi connectivity index (χ0n) is 20.0. The second-order valence-electron chi connectivity index (χ2n) is 11.7. The van der Waals surface area contributed by atoms with Crippen molar-refractivity contribution in [2.45, 2.75) is 73.6 Å². The number of fused-ring (bicyclic) bond motifs is 5. The lowest BCUT2D eigenvalue weighted by Crippen LogP contribution is -2.70. The van der Waals surface area contributed by atoms with Crippen molar-refractivity contribution in [3.05, 3.63) is 23.5 Å². The standard InChI is InChI=1S/C26H36O5/c1-14-13-17-23(5)11-10-18(27)22(3,4)16(23)9-12-24(17,6)26(21(30)31-8)20(29)15(2)19(28)25(14,26)7/h16-17,28H,1,9-13H2,2-8H3/t16-,17+,23-,24+,25+,26-/m1/s1. The van der Waals surface area contributed by atoms with E-state index in [4.69, 9.17) is 4.74 Å². The third-order valence-corrected chi connectivity index (χ3v) is 10.6. The first-order valence-corrected chi connectivity index (χ1v) is 11.4. The van der Waals surface area contributed by atoms with E-state index in [0.29, 0.717) is 30.6 Å². The highest BCUT2D eigenvalue weighted by molar-refractivity contribution is 6.17. The quantitative estimate of drug-likeness (QED) is 0.363. The topological polar surface area (TPSA) is 80.7 Å². The number of ketones is 2. The highest BCUT2D eigenvalue weighted by Gasteiger charge is 2.81. The van der Waals surface area contributed by atoms with Crippen LogP contribution in [0.3, 0.4) is 0 Å². The zero-order valence-corrected chi connectivity index (χ0v) is 20.0. The second-order valence-corrected chi connectivity index (χ2v) is 11.7. The number of Topliss-reactive ketones (excluding diaryl/α,β-unsaturated/α-hetero) is 2. The van der Waals surface area contributed by atoms with E-state index < -0.39 is 27.6 Å². The molecule has 170 valence electrons. The number of hydrogen-bond donors (Lipinski definition) is 1. The molecule has 0 radical (unpaired) electrons. The summed E-state index contributed by atoms with van der Waals surface area (Å²) < 4.78 is 5.32. The molecule has 4 aliphatic carbocycles. The number of allylic oxidation sites excluding steroid dienone is 2. The van der Waals surface area contributed by atoms with E-state index in [1.165, 1.54) is 7.11 Å². The van der Waals surface area contributed by atoms with Crippen LogP contribution in [0, 0.1) is 38.9 Å². The summed E-state index contributed by atoms with van der Waals surface area (Å²) in [6, 6.07) is 0. The van der Waals surface area contributed by atoms with Crippen LogP contribution in [0.5, 0.6) is 0 Å². The first-order valence-electron chi connectivity index (χ1n) is 11.4. The Hall–Kier alpha value is -1.91. The fraction of sp³-hybridized carbons (Fsp3) is 0.731. The molecule has 4 rings (SSSR count). The van der Waals surface area contributed by atoms with Gasteiger partial charge in [-0.3, -0.25) is 14.4 Å². The maximum Gasteiger partial charge on any atom is 0.321 e. The normalized spacial score (nSPS) is 46.4. The lowest BCUT2D eigenvalue weighted by molar-refractivity contribution is -0.217. The lowest BCUT2D eigenvalue weighted by atomic mass is 9.32. The molecule has 0 aliphatic heterocycles. The van der Waals surface area contributed by atoms with Gasteiger partial charge in [-0.15, -0.1) is 0 Å². The number of esters is 1. The summed E-state index contributed by atoms with van der Waals surface area (Å²) in [5, 5.41) is 11.2. The third-order valence-electron chi connectivity index (χ3n) is 10.6. The maximum atomic E-state index is 13.9. The number of methoxy groups -OCH3 is 1. The number of rotatable bonds is 1. The number of aliphatic hydroxyl groups is 1. The number of carbonyl (C=O) groups is 3. The molecule has 0 saturated heterocycles. The van der Waals surface area contributed by atoms with Crippen LogP contribution in [0.4, 0.5) is 0 Å². The maximum absolute atomic E-state index is 13.9. The number of aliphatic hydroxyl groups excluding tert-OH is 1. The van der Waals surface area contributed by atoms with E-state index in [9.17, 15) is 19.5 Å². The van der Waals surface area contributed by atoms with Crippen molar-refractivity contribution in [1.29, 1.82) is 0 Å². The van der Waals surface area contributed by atoms with Crippen LogP contribution >= 0.6 is 0 Å². The van der Waals surface area contributed by atoms with E-state index in [-0.39, 0.29) is 34.4 Å². The fourth-order valence-electron chi connectivity index (χ4n) is 8.82. The molecule has 0 heterocycles. The van der Waals surface area contributed by atoms with Crippen LogP contribution in [-0.2, 0) is 19.1 Å². The molecule has 5 nitrogen and oxygen atoms in total. The van der Waals surface area contributed by atoms with Gasteiger partial charge in [0, 0.05) is 17.4 Å². The molecule has 0 amide bonds. The minimum absolute atomic E-state index is 0.0200. The number of hydrogen-bond acceptors (Lipinski definition) is 5. The van der Waals surface area contributed by atoms with Crippen molar-refractivity contribution in [3.8, 4) is 0 Å². The lowest BCUT2D eigenvalue weighted by Gasteiger charge is -2.69. The number of ether oxygens (including phenoxy) is 1. The van der Waals surface area contributed by atoms with Gasteiger partial charge in [-0.1, -0.05) is 39.8 Å². The molecule has 0 bridgehead atoms. The molecule has 3 saturated carbocycles. The van der Waals surface area contributed by atoms with Gasteiger partial charge in [0.1, 0.15) is 11.5 Å². The van der Waals surface area contributed by atoms with Gasteiger partial charge in [-0.2, -0.15) is 0 Å². The molecule has 6 atom stereocenters. The molecule has 5 heteroatoms. The van der Waals surface area contributed by atoms with E-state index in [1.54, 1.807) is 13.8 Å². The molecule has 3 fully saturated rings. The van der Waals surface area contributed by atoms with Crippen molar-refractivity contribution in [2.24, 2.45) is 38.9 Å². The Kier molecular flexibility index (Phi) is 4.39. The molecule has 0 spiro atoms. The third kappa shape index (κ3) is 2.07. The van der Waals surface area contributed by atoms with Gasteiger partial charge < -0.3 is 9.84 Å². The van der Waals surface area contributed by atoms with Crippen molar-refractivity contribution >= 4 is 17.5 Å². The Bertz CT molecular complexity index is 957. The molecular weight excluding hydrogens is 392 g/mol. The van der Waals surface area contributed by atoms with Crippen LogP contribution in [0.2, 0.25) is 0 Å². The zero-order chi connectivity index (χ0) is 23.4. The molecular formula is C26H36O5. The summed E-state index contributed by atoms with van der Waals surface area (Å²) in [5.74, 6) is -0.503. The van der Waals surface area contributed by atoms with Crippen molar-refractivity contribution in [1.82, 2.24) is 0 Å². The van der Waals surface area contributed by atoms with Crippen LogP contribution in [0.15, 0.2) is 23.5 Å². The van der Waals surface area contributed by atoms with E-state index in [0.717, 1.165) is 12.8 Å². The highest BCUT2D eigenvalue weighted by atomic mass is 16.5. The summed E-state index contributed by atoms with van der Waals surface area (Å²) >= 11 is 0. The monoisotopic (exact) mass is 428 g/mol. The van der Waals surface area contributed by atoms with Crippen LogP contribution in [0.1, 0.15) is 73.6 Å². The van der Waals surface area contributed by atoms with Gasteiger partial charge in [0.05, 0.1) is 12.5 Å². The second kappa shape index (κ2) is 6.11. The van der Waals surface area contributed by atoms with Crippen LogP contribution in [0.25, 0.3) is 0 Å². The van der Waals surface area contributed by atoms with Gasteiger partial charge in [0.15, 0.2) is 11.2 Å². The predicted molar refractivity (Wildman–Crippen MR) is 117 cm³/mol. The number of carbonyl (C=O) groups excluding carboxylic acids is 3. The molecule has 1 N–H and O–H groups in total. The van der Waals surface area contributed by atoms with E-state index in [1.807, 2.05) is 6.92 Å². The van der Waals surface area contributed by atoms with Crippen LogP contribution < -0.4 is 0 Å². The molecule has 0 unspecified atom stereocenters. The first-order chi connectivity index (χ1) is 14.2. The smallest absolute Gasteiger partial charge is 0.321 e. The predicted octanol–water partition coefficient (Wildman–Crippen LogP) is 4.95. The Balaban J connectivity index is 2.00. The van der Waals surface area contributed by atoms with Crippen molar-refractivity contribution < 1.29 is 24.2 Å². The molecule has 4 aliphatic rings. The summed E-state index contributed by atoms with van der Waals surface area (Å²) in [6.07, 6.45) is 3.26.